The summed E-state index contributed by atoms with van der Waals surface area (Å²) in [7, 11) is 1.53. The average Bonchev–Trinajstić information content (AvgIpc) is 2.17. The van der Waals surface area contributed by atoms with Gasteiger partial charge in [0.2, 0.25) is 0 Å². The van der Waals surface area contributed by atoms with Gasteiger partial charge in [0, 0.05) is 0 Å². The van der Waals surface area contributed by atoms with E-state index in [0.29, 0.717) is 28.7 Å². The summed E-state index contributed by atoms with van der Waals surface area (Å²) in [5, 5.41) is 9.89. The zero-order valence-electron chi connectivity index (χ0n) is 9.08. The summed E-state index contributed by atoms with van der Waals surface area (Å²) < 4.78 is 10.5. The van der Waals surface area contributed by atoms with E-state index in [1.54, 1.807) is 19.1 Å². The molecule has 0 spiro atoms. The van der Waals surface area contributed by atoms with Crippen molar-refractivity contribution >= 4 is 11.6 Å². The Hall–Kier alpha value is -0.930. The quantitative estimate of drug-likeness (QED) is 0.865. The molecule has 4 heteroatoms. The second-order valence-corrected chi connectivity index (χ2v) is 3.55. The second-order valence-electron chi connectivity index (χ2n) is 3.14. The number of aliphatic hydroxyl groups is 1. The predicted molar refractivity (Wildman–Crippen MR) is 59.8 cm³/mol. The van der Waals surface area contributed by atoms with E-state index in [-0.39, 0.29) is 0 Å². The molecule has 1 N–H and O–H groups in total. The molecule has 1 atom stereocenters. The van der Waals surface area contributed by atoms with Gasteiger partial charge in [-0.15, -0.1) is 0 Å². The van der Waals surface area contributed by atoms with Gasteiger partial charge in [0.1, 0.15) is 0 Å². The highest BCUT2D eigenvalue weighted by Crippen LogP contribution is 2.37. The lowest BCUT2D eigenvalue weighted by Gasteiger charge is -2.14. The van der Waals surface area contributed by atoms with Crippen molar-refractivity contribution in [2.24, 2.45) is 0 Å². The highest BCUT2D eigenvalue weighted by atomic mass is 35.5. The Balaban J connectivity index is 3.19. The lowest BCUT2D eigenvalue weighted by atomic mass is 10.1. The van der Waals surface area contributed by atoms with Crippen molar-refractivity contribution in [3.05, 3.63) is 22.7 Å². The summed E-state index contributed by atoms with van der Waals surface area (Å²) >= 11 is 6.00. The number of hydrogen-bond acceptors (Lipinski definition) is 3. The average molecular weight is 231 g/mol. The minimum atomic E-state index is -0.576. The topological polar surface area (TPSA) is 38.7 Å². The zero-order valence-corrected chi connectivity index (χ0v) is 9.84. The molecule has 0 saturated carbocycles. The van der Waals surface area contributed by atoms with E-state index < -0.39 is 6.10 Å². The third-order valence-electron chi connectivity index (χ3n) is 2.02. The van der Waals surface area contributed by atoms with Gasteiger partial charge in [-0.2, -0.15) is 0 Å². The van der Waals surface area contributed by atoms with Gasteiger partial charge >= 0.3 is 0 Å². The molecular formula is C11H15ClO3. The maximum Gasteiger partial charge on any atom is 0.179 e. The highest BCUT2D eigenvalue weighted by Gasteiger charge is 2.13. The van der Waals surface area contributed by atoms with Gasteiger partial charge in [-0.1, -0.05) is 11.6 Å². The van der Waals surface area contributed by atoms with Crippen molar-refractivity contribution in [3.63, 3.8) is 0 Å². The number of aliphatic hydroxyl groups excluding tert-OH is 1. The Morgan fingerprint density at radius 3 is 2.60 bits per heavy atom. The lowest BCUT2D eigenvalue weighted by molar-refractivity contribution is 0.198. The van der Waals surface area contributed by atoms with E-state index in [0.717, 1.165) is 0 Å². The minimum absolute atomic E-state index is 0.444. The number of methoxy groups -OCH3 is 1. The van der Waals surface area contributed by atoms with Gasteiger partial charge in [0.15, 0.2) is 11.5 Å². The lowest BCUT2D eigenvalue weighted by Crippen LogP contribution is -1.99. The molecule has 0 heterocycles. The van der Waals surface area contributed by atoms with Crippen molar-refractivity contribution in [1.82, 2.24) is 0 Å². The van der Waals surface area contributed by atoms with E-state index in [1.165, 1.54) is 7.11 Å². The normalized spacial score (nSPS) is 12.3. The summed E-state index contributed by atoms with van der Waals surface area (Å²) in [6, 6.07) is 3.41. The summed E-state index contributed by atoms with van der Waals surface area (Å²) in [4.78, 5) is 0. The molecule has 0 bridgehead atoms. The smallest absolute Gasteiger partial charge is 0.179 e. The van der Waals surface area contributed by atoms with Gasteiger partial charge < -0.3 is 14.6 Å². The maximum atomic E-state index is 9.45. The van der Waals surface area contributed by atoms with Crippen molar-refractivity contribution in [2.45, 2.75) is 20.0 Å². The molecule has 15 heavy (non-hydrogen) atoms. The Kier molecular flexibility index (Phi) is 4.24. The fourth-order valence-corrected chi connectivity index (χ4v) is 1.59. The molecule has 3 nitrogen and oxygen atoms in total. The minimum Gasteiger partial charge on any atom is -0.491 e. The Bertz CT molecular complexity index is 337. The third-order valence-corrected chi connectivity index (χ3v) is 2.30. The molecule has 0 aromatic heterocycles. The first kappa shape index (κ1) is 12.1. The van der Waals surface area contributed by atoms with Crippen LogP contribution in [0.15, 0.2) is 12.1 Å². The van der Waals surface area contributed by atoms with Gasteiger partial charge in [-0.05, 0) is 31.5 Å². The van der Waals surface area contributed by atoms with E-state index >= 15 is 0 Å². The standard InChI is InChI=1S/C11H15ClO3/c1-4-15-10-6-8(7(2)13)5-9(12)11(10)14-3/h5-7,13H,4H2,1-3H3. The van der Waals surface area contributed by atoms with Crippen LogP contribution in [-0.2, 0) is 0 Å². The SMILES string of the molecule is CCOc1cc(C(C)O)cc(Cl)c1OC. The molecule has 0 radical (unpaired) electrons. The summed E-state index contributed by atoms with van der Waals surface area (Å²) in [6.45, 7) is 4.08. The predicted octanol–water partition coefficient (Wildman–Crippen LogP) is 2.80. The maximum absolute atomic E-state index is 9.45. The van der Waals surface area contributed by atoms with Crippen LogP contribution in [-0.4, -0.2) is 18.8 Å². The molecule has 0 aliphatic rings. The van der Waals surface area contributed by atoms with Crippen molar-refractivity contribution in [2.75, 3.05) is 13.7 Å². The van der Waals surface area contributed by atoms with Crippen LogP contribution in [0.1, 0.15) is 25.5 Å². The van der Waals surface area contributed by atoms with Crippen LogP contribution in [0.25, 0.3) is 0 Å². The van der Waals surface area contributed by atoms with Gasteiger partial charge in [-0.3, -0.25) is 0 Å². The van der Waals surface area contributed by atoms with Gasteiger partial charge in [-0.25, -0.2) is 0 Å². The fourth-order valence-electron chi connectivity index (χ4n) is 1.29. The largest absolute Gasteiger partial charge is 0.491 e. The zero-order chi connectivity index (χ0) is 11.4. The summed E-state index contributed by atoms with van der Waals surface area (Å²) in [6.07, 6.45) is -0.576. The summed E-state index contributed by atoms with van der Waals surface area (Å²) in [5.41, 5.74) is 0.712. The number of ether oxygens (including phenoxy) is 2. The van der Waals surface area contributed by atoms with Crippen molar-refractivity contribution in [3.8, 4) is 11.5 Å². The van der Waals surface area contributed by atoms with Crippen molar-refractivity contribution < 1.29 is 14.6 Å². The molecule has 84 valence electrons. The number of rotatable bonds is 4. The Labute approximate surface area is 94.6 Å². The van der Waals surface area contributed by atoms with Crippen LogP contribution in [0.4, 0.5) is 0 Å². The van der Waals surface area contributed by atoms with Crippen LogP contribution in [0.5, 0.6) is 11.5 Å². The number of halogens is 1. The first-order chi connectivity index (χ1) is 7.10. The van der Waals surface area contributed by atoms with E-state index in [4.69, 9.17) is 21.1 Å². The summed E-state index contributed by atoms with van der Waals surface area (Å²) in [5.74, 6) is 1.06. The number of hydrogen-bond donors (Lipinski definition) is 1. The molecular weight excluding hydrogens is 216 g/mol. The first-order valence-corrected chi connectivity index (χ1v) is 5.16. The molecule has 0 aliphatic heterocycles. The van der Waals surface area contributed by atoms with E-state index in [1.807, 2.05) is 6.92 Å². The fraction of sp³-hybridized carbons (Fsp3) is 0.455. The van der Waals surface area contributed by atoms with E-state index in [2.05, 4.69) is 0 Å². The van der Waals surface area contributed by atoms with Crippen LogP contribution >= 0.6 is 11.6 Å². The molecule has 0 amide bonds. The Morgan fingerprint density at radius 1 is 1.47 bits per heavy atom. The van der Waals surface area contributed by atoms with Gasteiger partial charge in [0.05, 0.1) is 24.8 Å². The van der Waals surface area contributed by atoms with Gasteiger partial charge in [0.25, 0.3) is 0 Å². The monoisotopic (exact) mass is 230 g/mol. The highest BCUT2D eigenvalue weighted by molar-refractivity contribution is 6.32. The molecule has 0 saturated heterocycles. The Morgan fingerprint density at radius 2 is 2.13 bits per heavy atom. The molecule has 1 aromatic carbocycles. The molecule has 1 aromatic rings. The molecule has 1 rings (SSSR count). The van der Waals surface area contributed by atoms with E-state index in [9.17, 15) is 5.11 Å². The van der Waals surface area contributed by atoms with Crippen LogP contribution in [0.3, 0.4) is 0 Å². The van der Waals surface area contributed by atoms with Crippen LogP contribution < -0.4 is 9.47 Å². The molecule has 0 aliphatic carbocycles. The second kappa shape index (κ2) is 5.24. The van der Waals surface area contributed by atoms with Crippen LogP contribution in [0.2, 0.25) is 5.02 Å². The van der Waals surface area contributed by atoms with Crippen LogP contribution in [0, 0.1) is 0 Å². The van der Waals surface area contributed by atoms with Crippen molar-refractivity contribution in [1.29, 1.82) is 0 Å². The first-order valence-electron chi connectivity index (χ1n) is 4.78. The number of benzene rings is 1. The molecule has 0 fully saturated rings. The third kappa shape index (κ3) is 2.76. The molecule has 1 unspecified atom stereocenters.